The van der Waals surface area contributed by atoms with Gasteiger partial charge in [0.05, 0.1) is 15.2 Å². The van der Waals surface area contributed by atoms with Gasteiger partial charge in [0.15, 0.2) is 18.1 Å². The molecule has 0 saturated heterocycles. The first-order chi connectivity index (χ1) is 6.31. The average molecular weight is 197 g/mol. The lowest BCUT2D eigenvalue weighted by molar-refractivity contribution is -0.118. The van der Waals surface area contributed by atoms with Crippen molar-refractivity contribution in [1.29, 1.82) is 0 Å². The molecule has 0 aromatic heterocycles. The number of amides is 1. The Morgan fingerprint density at radius 2 is 2.38 bits per heavy atom. The van der Waals surface area contributed by atoms with Gasteiger partial charge in [-0.05, 0) is 12.1 Å². The predicted molar refractivity (Wildman–Crippen MR) is 50.9 cm³/mol. The van der Waals surface area contributed by atoms with Crippen LogP contribution in [0.4, 0.5) is 5.69 Å². The molecule has 0 fully saturated rings. The van der Waals surface area contributed by atoms with Crippen LogP contribution in [0.2, 0.25) is 0 Å². The largest absolute Gasteiger partial charge is 0.478 e. The average Bonchev–Trinajstić information content (AvgIpc) is 2.16. The van der Waals surface area contributed by atoms with Gasteiger partial charge >= 0.3 is 0 Å². The number of hydrogen-bond donors (Lipinski definition) is 1. The van der Waals surface area contributed by atoms with E-state index in [9.17, 15) is 4.79 Å². The summed E-state index contributed by atoms with van der Waals surface area (Å²) in [6.07, 6.45) is 0. The van der Waals surface area contributed by atoms with E-state index in [0.29, 0.717) is 17.2 Å². The molecule has 0 aliphatic carbocycles. The Bertz CT molecular complexity index is 353. The number of para-hydroxylation sites is 1. The maximum atomic E-state index is 10.9. The number of carbonyl (C=O) groups is 1. The molecular weight excluding hydrogens is 189 g/mol. The number of anilines is 1. The summed E-state index contributed by atoms with van der Waals surface area (Å²) in [6, 6.07) is 5.32. The van der Waals surface area contributed by atoms with Crippen LogP contribution in [-0.2, 0) is 4.79 Å². The molecule has 2 rings (SSSR count). The number of ether oxygens (including phenoxy) is 1. The van der Waals surface area contributed by atoms with Crippen LogP contribution in [0.1, 0.15) is 0 Å². The van der Waals surface area contributed by atoms with E-state index >= 15 is 0 Å². The topological polar surface area (TPSA) is 47.6 Å². The third kappa shape index (κ3) is 1.45. The number of nitrogens with one attached hydrogen (secondary N) is 1. The molecule has 0 spiro atoms. The van der Waals surface area contributed by atoms with E-state index in [-0.39, 0.29) is 12.5 Å². The maximum Gasteiger partial charge on any atom is 0.262 e. The van der Waals surface area contributed by atoms with Gasteiger partial charge in [-0.15, -0.1) is 0 Å². The summed E-state index contributed by atoms with van der Waals surface area (Å²) in [7, 11) is 2.14. The van der Waals surface area contributed by atoms with Crippen LogP contribution in [0, 0.1) is 0 Å². The van der Waals surface area contributed by atoms with E-state index < -0.39 is 0 Å². The maximum absolute atomic E-state index is 10.9. The van der Waals surface area contributed by atoms with Crippen molar-refractivity contribution in [3.05, 3.63) is 18.2 Å². The Hall–Kier alpha value is -1.28. The molecule has 1 aromatic rings. The highest BCUT2D eigenvalue weighted by Crippen LogP contribution is 2.37. The summed E-state index contributed by atoms with van der Waals surface area (Å²) in [4.78, 5) is 10.9. The van der Waals surface area contributed by atoms with Crippen molar-refractivity contribution in [2.24, 2.45) is 0 Å². The smallest absolute Gasteiger partial charge is 0.262 e. The lowest BCUT2D eigenvalue weighted by Gasteiger charge is -2.19. The van der Waals surface area contributed by atoms with E-state index in [0.717, 1.165) is 0 Å². The zero-order chi connectivity index (χ0) is 9.26. The van der Waals surface area contributed by atoms with Crippen molar-refractivity contribution in [3.63, 3.8) is 0 Å². The molecule has 13 heavy (non-hydrogen) atoms. The van der Waals surface area contributed by atoms with Crippen LogP contribution >= 0.6 is 9.47 Å². The fraction of sp³-hybridized carbons (Fsp3) is 0.125. The zero-order valence-electron chi connectivity index (χ0n) is 6.74. The molecule has 0 bridgehead atoms. The molecule has 68 valence electrons. The van der Waals surface area contributed by atoms with Gasteiger partial charge in [0.1, 0.15) is 0 Å². The molecule has 0 radical (unpaired) electrons. The molecule has 4 nitrogen and oxygen atoms in total. The summed E-state index contributed by atoms with van der Waals surface area (Å²) in [5.41, 5.74) is 0.649. The molecule has 1 heterocycles. The summed E-state index contributed by atoms with van der Waals surface area (Å²) in [5.74, 6) is 1.04. The highest BCUT2D eigenvalue weighted by atomic mass is 31.0. The molecule has 1 aliphatic rings. The second kappa shape index (κ2) is 3.23. The molecular formula is C8H8NO3P. The summed E-state index contributed by atoms with van der Waals surface area (Å²) < 4.78 is 10.2. The second-order valence-electron chi connectivity index (χ2n) is 2.59. The monoisotopic (exact) mass is 197 g/mol. The Kier molecular flexibility index (Phi) is 2.07. The van der Waals surface area contributed by atoms with E-state index in [1.54, 1.807) is 18.2 Å². The van der Waals surface area contributed by atoms with Crippen molar-refractivity contribution in [2.75, 3.05) is 11.9 Å². The summed E-state index contributed by atoms with van der Waals surface area (Å²) in [6.45, 7) is 0.0397. The molecule has 1 atom stereocenters. The molecule has 1 aliphatic heterocycles. The SMILES string of the molecule is O=C1COc2c(cccc2OP)N1. The minimum Gasteiger partial charge on any atom is -0.478 e. The predicted octanol–water partition coefficient (Wildman–Crippen LogP) is 1.19. The molecule has 1 unspecified atom stereocenters. The van der Waals surface area contributed by atoms with Crippen LogP contribution in [0.3, 0.4) is 0 Å². The third-order valence-electron chi connectivity index (χ3n) is 1.73. The fourth-order valence-corrected chi connectivity index (χ4v) is 1.37. The first-order valence-corrected chi connectivity index (χ1v) is 4.21. The lowest BCUT2D eigenvalue weighted by atomic mass is 10.2. The van der Waals surface area contributed by atoms with Crippen LogP contribution in [0.25, 0.3) is 0 Å². The van der Waals surface area contributed by atoms with Crippen molar-refractivity contribution in [1.82, 2.24) is 0 Å². The number of benzene rings is 1. The highest BCUT2D eigenvalue weighted by molar-refractivity contribution is 7.10. The highest BCUT2D eigenvalue weighted by Gasteiger charge is 2.18. The van der Waals surface area contributed by atoms with Gasteiger partial charge in [0, 0.05) is 0 Å². The minimum absolute atomic E-state index is 0.0397. The summed E-state index contributed by atoms with van der Waals surface area (Å²) in [5, 5.41) is 2.68. The quantitative estimate of drug-likeness (QED) is 0.688. The van der Waals surface area contributed by atoms with Crippen molar-refractivity contribution in [2.45, 2.75) is 0 Å². The Balaban J connectivity index is 2.45. The number of fused-ring (bicyclic) bond motifs is 1. The van der Waals surface area contributed by atoms with Crippen molar-refractivity contribution < 1.29 is 14.1 Å². The van der Waals surface area contributed by atoms with Gasteiger partial charge in [-0.25, -0.2) is 0 Å². The lowest BCUT2D eigenvalue weighted by Crippen LogP contribution is -2.25. The normalized spacial score (nSPS) is 14.1. The Morgan fingerprint density at radius 1 is 1.54 bits per heavy atom. The molecule has 1 aromatic carbocycles. The van der Waals surface area contributed by atoms with Gasteiger partial charge in [0.25, 0.3) is 5.91 Å². The van der Waals surface area contributed by atoms with Crippen LogP contribution in [-0.4, -0.2) is 12.5 Å². The standard InChI is InChI=1S/C8H8NO3P/c10-7-4-11-8-5(9-7)2-1-3-6(8)12-13/h1-3H,4,13H2,(H,9,10). The van der Waals surface area contributed by atoms with Gasteiger partial charge in [-0.1, -0.05) is 6.07 Å². The first-order valence-electron chi connectivity index (χ1n) is 3.73. The van der Waals surface area contributed by atoms with E-state index in [1.165, 1.54) is 0 Å². The van der Waals surface area contributed by atoms with Gasteiger partial charge in [0.2, 0.25) is 0 Å². The van der Waals surface area contributed by atoms with Crippen molar-refractivity contribution in [3.8, 4) is 11.5 Å². The van der Waals surface area contributed by atoms with E-state index in [1.807, 2.05) is 0 Å². The number of carbonyl (C=O) groups excluding carboxylic acids is 1. The van der Waals surface area contributed by atoms with Crippen LogP contribution in [0.5, 0.6) is 11.5 Å². The van der Waals surface area contributed by atoms with E-state index in [4.69, 9.17) is 9.26 Å². The van der Waals surface area contributed by atoms with Gasteiger partial charge in [-0.2, -0.15) is 0 Å². The van der Waals surface area contributed by atoms with E-state index in [2.05, 4.69) is 14.8 Å². The molecule has 1 amide bonds. The number of hydrogen-bond acceptors (Lipinski definition) is 3. The van der Waals surface area contributed by atoms with Crippen molar-refractivity contribution >= 4 is 21.1 Å². The third-order valence-corrected chi connectivity index (χ3v) is 1.98. The Labute approximate surface area is 77.5 Å². The van der Waals surface area contributed by atoms with Crippen LogP contribution < -0.4 is 14.6 Å². The minimum atomic E-state index is -0.145. The molecule has 1 N–H and O–H groups in total. The Morgan fingerprint density at radius 3 is 3.15 bits per heavy atom. The first kappa shape index (κ1) is 8.32. The van der Waals surface area contributed by atoms with Crippen LogP contribution in [0.15, 0.2) is 18.2 Å². The molecule has 5 heteroatoms. The molecule has 0 saturated carbocycles. The van der Waals surface area contributed by atoms with Gasteiger partial charge in [-0.3, -0.25) is 4.79 Å². The summed E-state index contributed by atoms with van der Waals surface area (Å²) >= 11 is 0. The second-order valence-corrected chi connectivity index (χ2v) is 2.82. The van der Waals surface area contributed by atoms with Gasteiger partial charge < -0.3 is 14.6 Å². The number of rotatable bonds is 1. The fourth-order valence-electron chi connectivity index (χ4n) is 1.18. The zero-order valence-corrected chi connectivity index (χ0v) is 7.90.